The van der Waals surface area contributed by atoms with Crippen LogP contribution in [0.5, 0.6) is 0 Å². The van der Waals surface area contributed by atoms with E-state index in [1.807, 2.05) is 0 Å². The Morgan fingerprint density at radius 1 is 1.30 bits per heavy atom. The highest BCUT2D eigenvalue weighted by Gasteiger charge is 2.26. The van der Waals surface area contributed by atoms with E-state index in [2.05, 4.69) is 37.1 Å². The zero-order valence-electron chi connectivity index (χ0n) is 13.2. The number of furan rings is 1. The molecule has 1 saturated heterocycles. The minimum atomic E-state index is 0.529. The summed E-state index contributed by atoms with van der Waals surface area (Å²) in [7, 11) is 0. The van der Waals surface area contributed by atoms with Gasteiger partial charge in [-0.1, -0.05) is 13.8 Å². The van der Waals surface area contributed by atoms with E-state index in [0.717, 1.165) is 30.7 Å². The second kappa shape index (κ2) is 5.53. The molecule has 1 aliphatic carbocycles. The minimum Gasteiger partial charge on any atom is -0.465 e. The summed E-state index contributed by atoms with van der Waals surface area (Å²) in [5.74, 6) is 2.20. The van der Waals surface area contributed by atoms with Crippen LogP contribution < -0.4 is 5.32 Å². The number of rotatable bonds is 5. The molecule has 1 N–H and O–H groups in total. The number of hydrogen-bond acceptors (Lipinski definition) is 3. The van der Waals surface area contributed by atoms with Crippen LogP contribution in [0.15, 0.2) is 10.5 Å². The maximum absolute atomic E-state index is 5.89. The summed E-state index contributed by atoms with van der Waals surface area (Å²) < 4.78 is 5.89. The van der Waals surface area contributed by atoms with Crippen LogP contribution >= 0.6 is 0 Å². The maximum Gasteiger partial charge on any atom is 0.118 e. The third kappa shape index (κ3) is 3.64. The lowest BCUT2D eigenvalue weighted by molar-refractivity contribution is 0.126. The fourth-order valence-electron chi connectivity index (χ4n) is 2.92. The van der Waals surface area contributed by atoms with Gasteiger partial charge in [-0.05, 0) is 57.2 Å². The first-order chi connectivity index (χ1) is 9.52. The van der Waals surface area contributed by atoms with Gasteiger partial charge in [-0.25, -0.2) is 0 Å². The average molecular weight is 276 g/mol. The highest BCUT2D eigenvalue weighted by Crippen LogP contribution is 2.31. The summed E-state index contributed by atoms with van der Waals surface area (Å²) >= 11 is 0. The summed E-state index contributed by atoms with van der Waals surface area (Å²) in [4.78, 5) is 2.57. The molecule has 20 heavy (non-hydrogen) atoms. The molecule has 3 rings (SSSR count). The number of nitrogens with zero attached hydrogens (tertiary/aromatic N) is 1. The molecule has 0 unspecified atom stereocenters. The normalized spacial score (nSPS) is 23.1. The minimum absolute atomic E-state index is 0.529. The fraction of sp³-hybridized carbons (Fsp3) is 0.765. The van der Waals surface area contributed by atoms with E-state index >= 15 is 0 Å². The van der Waals surface area contributed by atoms with E-state index in [1.54, 1.807) is 0 Å². The van der Waals surface area contributed by atoms with Gasteiger partial charge in [0.15, 0.2) is 0 Å². The molecule has 0 bridgehead atoms. The van der Waals surface area contributed by atoms with Gasteiger partial charge in [-0.3, -0.25) is 4.90 Å². The molecule has 0 atom stereocenters. The van der Waals surface area contributed by atoms with E-state index in [4.69, 9.17) is 4.42 Å². The third-order valence-electron chi connectivity index (χ3n) is 4.82. The summed E-state index contributed by atoms with van der Waals surface area (Å²) in [6.45, 7) is 11.2. The van der Waals surface area contributed by atoms with Gasteiger partial charge in [0.2, 0.25) is 0 Å². The highest BCUT2D eigenvalue weighted by molar-refractivity contribution is 5.21. The van der Waals surface area contributed by atoms with Crippen molar-refractivity contribution < 1.29 is 4.42 Å². The number of likely N-dealkylation sites (tertiary alicyclic amines) is 1. The van der Waals surface area contributed by atoms with Gasteiger partial charge in [0.1, 0.15) is 11.5 Å². The molecule has 2 fully saturated rings. The van der Waals surface area contributed by atoms with Crippen molar-refractivity contribution in [1.82, 2.24) is 10.2 Å². The number of piperidine rings is 1. The van der Waals surface area contributed by atoms with Crippen molar-refractivity contribution in [2.24, 2.45) is 5.41 Å². The monoisotopic (exact) mass is 276 g/mol. The van der Waals surface area contributed by atoms with Crippen molar-refractivity contribution in [2.75, 3.05) is 13.1 Å². The highest BCUT2D eigenvalue weighted by atomic mass is 16.3. The Morgan fingerprint density at radius 3 is 2.65 bits per heavy atom. The quantitative estimate of drug-likeness (QED) is 0.892. The van der Waals surface area contributed by atoms with Crippen molar-refractivity contribution in [3.8, 4) is 0 Å². The smallest absolute Gasteiger partial charge is 0.118 e. The van der Waals surface area contributed by atoms with Crippen LogP contribution in [0.4, 0.5) is 0 Å². The predicted molar refractivity (Wildman–Crippen MR) is 81.6 cm³/mol. The molecule has 0 radical (unpaired) electrons. The Hall–Kier alpha value is -0.800. The largest absolute Gasteiger partial charge is 0.465 e. The lowest BCUT2D eigenvalue weighted by Gasteiger charge is -2.36. The van der Waals surface area contributed by atoms with Gasteiger partial charge in [0, 0.05) is 18.2 Å². The molecule has 0 amide bonds. The molecule has 3 heteroatoms. The fourth-order valence-corrected chi connectivity index (χ4v) is 2.92. The lowest BCUT2D eigenvalue weighted by atomic mass is 9.82. The molecule has 0 aromatic carbocycles. The number of aryl methyl sites for hydroxylation is 1. The molecule has 112 valence electrons. The standard InChI is InChI=1S/C17H28N2O/c1-13-14(10-16(20-13)11-18-15-4-5-15)12-19-8-6-17(2,3)7-9-19/h10,15,18H,4-9,11-12H2,1-3H3. The van der Waals surface area contributed by atoms with E-state index in [9.17, 15) is 0 Å². The van der Waals surface area contributed by atoms with Crippen molar-refractivity contribution in [2.45, 2.75) is 65.6 Å². The maximum atomic E-state index is 5.89. The third-order valence-corrected chi connectivity index (χ3v) is 4.82. The Balaban J connectivity index is 1.54. The van der Waals surface area contributed by atoms with Gasteiger partial charge >= 0.3 is 0 Å². The zero-order valence-corrected chi connectivity index (χ0v) is 13.2. The Labute approximate surface area is 122 Å². The van der Waals surface area contributed by atoms with Crippen LogP contribution in [-0.4, -0.2) is 24.0 Å². The second-order valence-electron chi connectivity index (χ2n) is 7.39. The first kappa shape index (κ1) is 14.2. The van der Waals surface area contributed by atoms with E-state index in [-0.39, 0.29) is 0 Å². The van der Waals surface area contributed by atoms with Crippen molar-refractivity contribution in [3.05, 3.63) is 23.2 Å². The lowest BCUT2D eigenvalue weighted by Crippen LogP contribution is -2.36. The molecule has 0 spiro atoms. The molecule has 2 aliphatic rings. The summed E-state index contributed by atoms with van der Waals surface area (Å²) in [6.07, 6.45) is 5.27. The van der Waals surface area contributed by atoms with E-state index < -0.39 is 0 Å². The molecular weight excluding hydrogens is 248 g/mol. The van der Waals surface area contributed by atoms with Crippen LogP contribution in [0.1, 0.15) is 56.6 Å². The molecule has 2 heterocycles. The predicted octanol–water partition coefficient (Wildman–Crippen LogP) is 3.46. The van der Waals surface area contributed by atoms with E-state index in [1.165, 1.54) is 44.3 Å². The SMILES string of the molecule is Cc1oc(CNC2CC2)cc1CN1CCC(C)(C)CC1. The van der Waals surface area contributed by atoms with Gasteiger partial charge < -0.3 is 9.73 Å². The molecule has 3 nitrogen and oxygen atoms in total. The zero-order chi connectivity index (χ0) is 14.2. The van der Waals surface area contributed by atoms with Crippen molar-refractivity contribution >= 4 is 0 Å². The van der Waals surface area contributed by atoms with Crippen LogP contribution in [0.2, 0.25) is 0 Å². The summed E-state index contributed by atoms with van der Waals surface area (Å²) in [5, 5.41) is 3.52. The summed E-state index contributed by atoms with van der Waals surface area (Å²) in [6, 6.07) is 3.00. The number of nitrogens with one attached hydrogen (secondary N) is 1. The molecule has 1 aliphatic heterocycles. The van der Waals surface area contributed by atoms with Gasteiger partial charge in [0.05, 0.1) is 6.54 Å². The van der Waals surface area contributed by atoms with Crippen LogP contribution in [0.3, 0.4) is 0 Å². The topological polar surface area (TPSA) is 28.4 Å². The molecule has 1 saturated carbocycles. The van der Waals surface area contributed by atoms with Gasteiger partial charge in [-0.15, -0.1) is 0 Å². The van der Waals surface area contributed by atoms with E-state index in [0.29, 0.717) is 5.41 Å². The van der Waals surface area contributed by atoms with Crippen LogP contribution in [-0.2, 0) is 13.1 Å². The average Bonchev–Trinajstić information content (AvgIpc) is 3.15. The van der Waals surface area contributed by atoms with Crippen molar-refractivity contribution in [1.29, 1.82) is 0 Å². The van der Waals surface area contributed by atoms with Gasteiger partial charge in [0.25, 0.3) is 0 Å². The summed E-state index contributed by atoms with van der Waals surface area (Å²) in [5.41, 5.74) is 1.90. The molecule has 1 aromatic rings. The first-order valence-corrected chi connectivity index (χ1v) is 8.06. The van der Waals surface area contributed by atoms with Crippen LogP contribution in [0, 0.1) is 12.3 Å². The van der Waals surface area contributed by atoms with Gasteiger partial charge in [-0.2, -0.15) is 0 Å². The second-order valence-corrected chi connectivity index (χ2v) is 7.39. The Morgan fingerprint density at radius 2 is 2.00 bits per heavy atom. The van der Waals surface area contributed by atoms with Crippen LogP contribution in [0.25, 0.3) is 0 Å². The molecule has 1 aromatic heterocycles. The molecular formula is C17H28N2O. The van der Waals surface area contributed by atoms with Crippen molar-refractivity contribution in [3.63, 3.8) is 0 Å². The Kier molecular flexibility index (Phi) is 3.91. The Bertz CT molecular complexity index is 450. The first-order valence-electron chi connectivity index (χ1n) is 8.06. The number of hydrogen-bond donors (Lipinski definition) is 1.